The number of alkyl halides is 3. The zero-order valence-electron chi connectivity index (χ0n) is 14.4. The molecule has 3 aromatic rings. The number of carbonyl (C=O) groups is 1. The topological polar surface area (TPSA) is 56.9 Å². The largest absolute Gasteiger partial charge is 0.418 e. The monoisotopic (exact) mass is 371 g/mol. The molecule has 5 rings (SSSR count). The molecule has 0 saturated heterocycles. The van der Waals surface area contributed by atoms with E-state index < -0.39 is 23.2 Å². The predicted molar refractivity (Wildman–Crippen MR) is 95.5 cm³/mol. The molecule has 1 spiro atoms. The zero-order chi connectivity index (χ0) is 19.0. The number of fused-ring (bicyclic) bond motifs is 6. The molecule has 0 aliphatic carbocycles. The van der Waals surface area contributed by atoms with Crippen molar-refractivity contribution in [2.24, 2.45) is 0 Å². The number of hydrogen-bond donors (Lipinski definition) is 3. The molecule has 2 aliphatic rings. The molecule has 2 aliphatic heterocycles. The number of aromatic amines is 1. The van der Waals surface area contributed by atoms with E-state index in [9.17, 15) is 18.0 Å². The fraction of sp³-hybridized carbons (Fsp3) is 0.250. The van der Waals surface area contributed by atoms with Gasteiger partial charge in [-0.05, 0) is 31.0 Å². The first kappa shape index (κ1) is 16.4. The molecule has 0 saturated carbocycles. The number of halogens is 3. The molecule has 2 aromatic carbocycles. The van der Waals surface area contributed by atoms with Crippen molar-refractivity contribution in [3.05, 3.63) is 64.8 Å². The van der Waals surface area contributed by atoms with E-state index >= 15 is 0 Å². The second-order valence-corrected chi connectivity index (χ2v) is 7.20. The second kappa shape index (κ2) is 5.13. The number of hydrogen-bond acceptors (Lipinski definition) is 2. The molecule has 0 radical (unpaired) electrons. The number of nitrogens with one attached hydrogen (secondary N) is 3. The van der Waals surface area contributed by atoms with Crippen molar-refractivity contribution in [1.29, 1.82) is 0 Å². The van der Waals surface area contributed by atoms with Gasteiger partial charge in [0, 0.05) is 22.5 Å². The van der Waals surface area contributed by atoms with Gasteiger partial charge in [0.25, 0.3) is 5.91 Å². The Hall–Kier alpha value is -2.80. The van der Waals surface area contributed by atoms with E-state index in [2.05, 4.69) is 15.6 Å². The van der Waals surface area contributed by atoms with E-state index in [1.54, 1.807) is 6.07 Å². The highest BCUT2D eigenvalue weighted by Gasteiger charge is 2.55. The molecule has 138 valence electrons. The van der Waals surface area contributed by atoms with Crippen molar-refractivity contribution in [3.63, 3.8) is 0 Å². The Balaban J connectivity index is 1.84. The molecule has 27 heavy (non-hydrogen) atoms. The molecule has 7 heteroatoms. The minimum absolute atomic E-state index is 0.0806. The van der Waals surface area contributed by atoms with Crippen LogP contribution in [0.3, 0.4) is 0 Å². The lowest BCUT2D eigenvalue weighted by Gasteiger charge is -2.37. The SMILES string of the molecule is CC1Cc2c([nH]c3ccccc23)C2(N1)C(=O)Nc1c(C(F)(F)F)cccc12. The Morgan fingerprint density at radius 3 is 2.67 bits per heavy atom. The van der Waals surface area contributed by atoms with Crippen LogP contribution in [0.4, 0.5) is 18.9 Å². The first-order valence-electron chi connectivity index (χ1n) is 8.72. The average molecular weight is 371 g/mol. The Bertz CT molecular complexity index is 1100. The average Bonchev–Trinajstić information content (AvgIpc) is 3.11. The summed E-state index contributed by atoms with van der Waals surface area (Å²) >= 11 is 0. The van der Waals surface area contributed by atoms with Crippen LogP contribution in [0, 0.1) is 0 Å². The summed E-state index contributed by atoms with van der Waals surface area (Å²) in [6.45, 7) is 1.94. The Labute approximate surface area is 152 Å². The quantitative estimate of drug-likeness (QED) is 0.561. The van der Waals surface area contributed by atoms with Gasteiger partial charge in [0.1, 0.15) is 0 Å². The van der Waals surface area contributed by atoms with Gasteiger partial charge >= 0.3 is 6.18 Å². The lowest BCUT2D eigenvalue weighted by atomic mass is 9.79. The highest BCUT2D eigenvalue weighted by molar-refractivity contribution is 6.10. The lowest BCUT2D eigenvalue weighted by Crippen LogP contribution is -2.56. The maximum atomic E-state index is 13.5. The van der Waals surface area contributed by atoms with Gasteiger partial charge in [-0.3, -0.25) is 10.1 Å². The van der Waals surface area contributed by atoms with E-state index in [1.165, 1.54) is 6.07 Å². The third kappa shape index (κ3) is 2.06. The van der Waals surface area contributed by atoms with Crippen LogP contribution in [0.5, 0.6) is 0 Å². The van der Waals surface area contributed by atoms with Crippen LogP contribution in [0.1, 0.15) is 29.3 Å². The number of benzene rings is 2. The molecule has 1 aromatic heterocycles. The molecule has 2 atom stereocenters. The van der Waals surface area contributed by atoms with E-state index in [1.807, 2.05) is 31.2 Å². The van der Waals surface area contributed by atoms with E-state index in [0.717, 1.165) is 22.5 Å². The molecule has 0 fully saturated rings. The molecular weight excluding hydrogens is 355 g/mol. The number of rotatable bonds is 0. The van der Waals surface area contributed by atoms with Crippen molar-refractivity contribution >= 4 is 22.5 Å². The summed E-state index contributed by atoms with van der Waals surface area (Å²) in [5.41, 5.74) is 0.411. The second-order valence-electron chi connectivity index (χ2n) is 7.20. The van der Waals surface area contributed by atoms with Crippen LogP contribution < -0.4 is 10.6 Å². The van der Waals surface area contributed by atoms with Gasteiger partial charge in [-0.1, -0.05) is 30.3 Å². The van der Waals surface area contributed by atoms with Crippen LogP contribution in [0.2, 0.25) is 0 Å². The number of carbonyl (C=O) groups excluding carboxylic acids is 1. The molecule has 0 bridgehead atoms. The number of aromatic nitrogens is 1. The van der Waals surface area contributed by atoms with Crippen molar-refractivity contribution in [2.45, 2.75) is 31.1 Å². The van der Waals surface area contributed by atoms with Gasteiger partial charge < -0.3 is 10.3 Å². The fourth-order valence-corrected chi connectivity index (χ4v) is 4.49. The normalized spacial score (nSPS) is 24.1. The summed E-state index contributed by atoms with van der Waals surface area (Å²) in [5, 5.41) is 6.77. The lowest BCUT2D eigenvalue weighted by molar-refractivity contribution is -0.136. The number of H-pyrrole nitrogens is 1. The smallest absolute Gasteiger partial charge is 0.356 e. The van der Waals surface area contributed by atoms with Gasteiger partial charge in [-0.2, -0.15) is 13.2 Å². The van der Waals surface area contributed by atoms with Crippen LogP contribution in [-0.4, -0.2) is 16.9 Å². The van der Waals surface area contributed by atoms with E-state index in [0.29, 0.717) is 17.7 Å². The van der Waals surface area contributed by atoms with E-state index in [4.69, 9.17) is 0 Å². The highest BCUT2D eigenvalue weighted by Crippen LogP contribution is 2.49. The Morgan fingerprint density at radius 2 is 1.89 bits per heavy atom. The summed E-state index contributed by atoms with van der Waals surface area (Å²) in [5.74, 6) is -0.492. The number of amides is 1. The van der Waals surface area contributed by atoms with Crippen molar-refractivity contribution in [3.8, 4) is 0 Å². The third-order valence-electron chi connectivity index (χ3n) is 5.51. The molecule has 4 nitrogen and oxygen atoms in total. The summed E-state index contributed by atoms with van der Waals surface area (Å²) in [6.07, 6.45) is -3.86. The predicted octanol–water partition coefficient (Wildman–Crippen LogP) is 3.92. The summed E-state index contributed by atoms with van der Waals surface area (Å²) in [7, 11) is 0. The molecule has 1 amide bonds. The van der Waals surface area contributed by atoms with Crippen molar-refractivity contribution in [1.82, 2.24) is 10.3 Å². The van der Waals surface area contributed by atoms with Crippen molar-refractivity contribution < 1.29 is 18.0 Å². The van der Waals surface area contributed by atoms with Crippen LogP contribution >= 0.6 is 0 Å². The Morgan fingerprint density at radius 1 is 1.11 bits per heavy atom. The van der Waals surface area contributed by atoms with Gasteiger partial charge in [-0.15, -0.1) is 0 Å². The zero-order valence-corrected chi connectivity index (χ0v) is 14.4. The van der Waals surface area contributed by atoms with Gasteiger partial charge in [0.15, 0.2) is 5.54 Å². The summed E-state index contributed by atoms with van der Waals surface area (Å²) < 4.78 is 40.5. The maximum absolute atomic E-state index is 13.5. The van der Waals surface area contributed by atoms with Crippen molar-refractivity contribution in [2.75, 3.05) is 5.32 Å². The summed E-state index contributed by atoms with van der Waals surface area (Å²) in [4.78, 5) is 16.4. The molecule has 3 N–H and O–H groups in total. The number of anilines is 1. The van der Waals surface area contributed by atoms with Crippen LogP contribution in [0.25, 0.3) is 10.9 Å². The first-order valence-corrected chi connectivity index (χ1v) is 8.72. The number of para-hydroxylation sites is 2. The highest BCUT2D eigenvalue weighted by atomic mass is 19.4. The fourth-order valence-electron chi connectivity index (χ4n) is 4.49. The maximum Gasteiger partial charge on any atom is 0.418 e. The summed E-state index contributed by atoms with van der Waals surface area (Å²) in [6, 6.07) is 11.5. The van der Waals surface area contributed by atoms with Gasteiger partial charge in [0.05, 0.1) is 16.9 Å². The minimum atomic E-state index is -4.55. The third-order valence-corrected chi connectivity index (χ3v) is 5.51. The van der Waals surface area contributed by atoms with E-state index in [-0.39, 0.29) is 11.7 Å². The molecular formula is C20H16F3N3O. The van der Waals surface area contributed by atoms with Crippen LogP contribution in [0.15, 0.2) is 42.5 Å². The minimum Gasteiger partial charge on any atom is -0.356 e. The first-order chi connectivity index (χ1) is 12.8. The van der Waals surface area contributed by atoms with Gasteiger partial charge in [-0.25, -0.2) is 0 Å². The molecule has 2 unspecified atom stereocenters. The van der Waals surface area contributed by atoms with Crippen LogP contribution in [-0.2, 0) is 22.9 Å². The molecule has 3 heterocycles. The Kier molecular flexibility index (Phi) is 3.11. The van der Waals surface area contributed by atoms with Gasteiger partial charge in [0.2, 0.25) is 0 Å². The standard InChI is InChI=1S/C20H16F3N3O/c1-10-9-12-11-5-2-3-8-15(11)24-17(12)19(26-10)13-6-4-7-14(20(21,22)23)16(13)25-18(19)27/h2-8,10,24,26H,9H2,1H3,(H,25,27).